The Morgan fingerprint density at radius 3 is 2.58 bits per heavy atom. The quantitative estimate of drug-likeness (QED) is 0.903. The Morgan fingerprint density at radius 2 is 1.95 bits per heavy atom. The second kappa shape index (κ2) is 6.37. The molecule has 19 heavy (non-hydrogen) atoms. The third kappa shape index (κ3) is 3.26. The Kier molecular flexibility index (Phi) is 4.80. The molecular weight excluding hydrogens is 285 g/mol. The number of benzene rings is 1. The van der Waals surface area contributed by atoms with Gasteiger partial charge in [0, 0.05) is 0 Å². The molecule has 0 aliphatic carbocycles. The van der Waals surface area contributed by atoms with E-state index in [2.05, 4.69) is 22.4 Å². The van der Waals surface area contributed by atoms with Crippen molar-refractivity contribution in [1.82, 2.24) is 15.5 Å². The molecular formula is C13H15Cl2N3O. The molecule has 0 amide bonds. The van der Waals surface area contributed by atoms with Gasteiger partial charge in [0.15, 0.2) is 0 Å². The van der Waals surface area contributed by atoms with Crippen LogP contribution in [0.25, 0.3) is 11.5 Å². The van der Waals surface area contributed by atoms with Crippen molar-refractivity contribution in [3.8, 4) is 11.5 Å². The molecule has 0 bridgehead atoms. The van der Waals surface area contributed by atoms with Crippen molar-refractivity contribution >= 4 is 23.2 Å². The van der Waals surface area contributed by atoms with E-state index in [0.29, 0.717) is 27.4 Å². The van der Waals surface area contributed by atoms with Crippen LogP contribution in [-0.2, 0) is 0 Å². The SMILES string of the molecule is CCCNC(C)c1nnc(-c2c(Cl)cccc2Cl)o1. The van der Waals surface area contributed by atoms with E-state index in [1.54, 1.807) is 18.2 Å². The second-order valence-electron chi connectivity index (χ2n) is 4.22. The van der Waals surface area contributed by atoms with Crippen molar-refractivity contribution in [2.75, 3.05) is 6.54 Å². The lowest BCUT2D eigenvalue weighted by Crippen LogP contribution is -2.19. The van der Waals surface area contributed by atoms with Crippen molar-refractivity contribution in [1.29, 1.82) is 0 Å². The highest BCUT2D eigenvalue weighted by molar-refractivity contribution is 6.38. The van der Waals surface area contributed by atoms with Crippen LogP contribution in [0.5, 0.6) is 0 Å². The van der Waals surface area contributed by atoms with Crippen LogP contribution in [0.3, 0.4) is 0 Å². The lowest BCUT2D eigenvalue weighted by atomic mass is 10.2. The highest BCUT2D eigenvalue weighted by atomic mass is 35.5. The fourth-order valence-corrected chi connectivity index (χ4v) is 2.22. The number of rotatable bonds is 5. The molecule has 0 spiro atoms. The third-order valence-electron chi connectivity index (χ3n) is 2.69. The van der Waals surface area contributed by atoms with Gasteiger partial charge in [-0.3, -0.25) is 0 Å². The van der Waals surface area contributed by atoms with E-state index in [1.165, 1.54) is 0 Å². The topological polar surface area (TPSA) is 51.0 Å². The summed E-state index contributed by atoms with van der Waals surface area (Å²) in [5, 5.41) is 12.3. The van der Waals surface area contributed by atoms with Crippen LogP contribution in [0.15, 0.2) is 22.6 Å². The van der Waals surface area contributed by atoms with E-state index in [1.807, 2.05) is 6.92 Å². The van der Waals surface area contributed by atoms with Gasteiger partial charge in [-0.05, 0) is 32.0 Å². The van der Waals surface area contributed by atoms with E-state index in [-0.39, 0.29) is 6.04 Å². The summed E-state index contributed by atoms with van der Waals surface area (Å²) in [5.74, 6) is 0.871. The van der Waals surface area contributed by atoms with E-state index in [4.69, 9.17) is 27.6 Å². The molecule has 1 atom stereocenters. The molecule has 0 aliphatic rings. The summed E-state index contributed by atoms with van der Waals surface area (Å²) >= 11 is 12.2. The summed E-state index contributed by atoms with van der Waals surface area (Å²) in [4.78, 5) is 0. The molecule has 1 aromatic heterocycles. The second-order valence-corrected chi connectivity index (χ2v) is 5.03. The average Bonchev–Trinajstić information content (AvgIpc) is 2.85. The molecule has 0 saturated heterocycles. The van der Waals surface area contributed by atoms with Crippen LogP contribution in [0.4, 0.5) is 0 Å². The van der Waals surface area contributed by atoms with E-state index in [9.17, 15) is 0 Å². The van der Waals surface area contributed by atoms with Gasteiger partial charge in [-0.1, -0.05) is 36.2 Å². The molecule has 0 aliphatic heterocycles. The van der Waals surface area contributed by atoms with Gasteiger partial charge >= 0.3 is 0 Å². The predicted octanol–water partition coefficient (Wildman–Crippen LogP) is 4.10. The molecule has 4 nitrogen and oxygen atoms in total. The maximum Gasteiger partial charge on any atom is 0.250 e. The standard InChI is InChI=1S/C13H15Cl2N3O/c1-3-7-16-8(2)12-17-18-13(19-12)11-9(14)5-4-6-10(11)15/h4-6,8,16H,3,7H2,1-2H3. The van der Waals surface area contributed by atoms with Crippen molar-refractivity contribution in [2.24, 2.45) is 0 Å². The number of hydrogen-bond donors (Lipinski definition) is 1. The van der Waals surface area contributed by atoms with Crippen LogP contribution < -0.4 is 5.32 Å². The fourth-order valence-electron chi connectivity index (χ4n) is 1.66. The molecule has 2 aromatic rings. The Labute approximate surface area is 122 Å². The maximum absolute atomic E-state index is 6.11. The van der Waals surface area contributed by atoms with Crippen molar-refractivity contribution in [2.45, 2.75) is 26.3 Å². The summed E-state index contributed by atoms with van der Waals surface area (Å²) in [6.07, 6.45) is 1.04. The van der Waals surface area contributed by atoms with Crippen LogP contribution in [-0.4, -0.2) is 16.7 Å². The summed E-state index contributed by atoms with van der Waals surface area (Å²) in [6.45, 7) is 4.97. The zero-order chi connectivity index (χ0) is 13.8. The van der Waals surface area contributed by atoms with Gasteiger partial charge in [-0.2, -0.15) is 0 Å². The Balaban J connectivity index is 2.26. The number of hydrogen-bond acceptors (Lipinski definition) is 4. The Hall–Kier alpha value is -1.10. The van der Waals surface area contributed by atoms with Crippen LogP contribution in [0, 0.1) is 0 Å². The minimum atomic E-state index is 0.00228. The lowest BCUT2D eigenvalue weighted by molar-refractivity contribution is 0.423. The first-order valence-corrected chi connectivity index (χ1v) is 6.90. The summed E-state index contributed by atoms with van der Waals surface area (Å²) in [6, 6.07) is 5.26. The van der Waals surface area contributed by atoms with Gasteiger partial charge < -0.3 is 9.73 Å². The van der Waals surface area contributed by atoms with Crippen molar-refractivity contribution in [3.63, 3.8) is 0 Å². The number of nitrogens with zero attached hydrogens (tertiary/aromatic N) is 2. The average molecular weight is 300 g/mol. The monoisotopic (exact) mass is 299 g/mol. The first-order valence-electron chi connectivity index (χ1n) is 6.14. The Morgan fingerprint density at radius 1 is 1.26 bits per heavy atom. The third-order valence-corrected chi connectivity index (χ3v) is 3.32. The molecule has 6 heteroatoms. The van der Waals surface area contributed by atoms with Gasteiger partial charge in [0.1, 0.15) is 0 Å². The van der Waals surface area contributed by atoms with Crippen LogP contribution >= 0.6 is 23.2 Å². The van der Waals surface area contributed by atoms with Crippen molar-refractivity contribution < 1.29 is 4.42 Å². The van der Waals surface area contributed by atoms with E-state index < -0.39 is 0 Å². The number of halogens is 2. The van der Waals surface area contributed by atoms with Crippen LogP contribution in [0.2, 0.25) is 10.0 Å². The van der Waals surface area contributed by atoms with E-state index in [0.717, 1.165) is 13.0 Å². The minimum Gasteiger partial charge on any atom is -0.419 e. The summed E-state index contributed by atoms with van der Waals surface area (Å²) < 4.78 is 5.64. The largest absolute Gasteiger partial charge is 0.419 e. The highest BCUT2D eigenvalue weighted by Gasteiger charge is 2.18. The smallest absolute Gasteiger partial charge is 0.250 e. The van der Waals surface area contributed by atoms with Crippen molar-refractivity contribution in [3.05, 3.63) is 34.1 Å². The molecule has 102 valence electrons. The first-order chi connectivity index (χ1) is 9.13. The fraction of sp³-hybridized carbons (Fsp3) is 0.385. The molecule has 1 aromatic carbocycles. The summed E-state index contributed by atoms with van der Waals surface area (Å²) in [7, 11) is 0. The maximum atomic E-state index is 6.11. The van der Waals surface area contributed by atoms with Gasteiger partial charge in [0.25, 0.3) is 5.89 Å². The molecule has 0 fully saturated rings. The zero-order valence-electron chi connectivity index (χ0n) is 10.8. The molecule has 1 unspecified atom stereocenters. The molecule has 1 N–H and O–H groups in total. The van der Waals surface area contributed by atoms with Gasteiger partial charge in [0.05, 0.1) is 21.7 Å². The van der Waals surface area contributed by atoms with E-state index >= 15 is 0 Å². The number of nitrogens with one attached hydrogen (secondary N) is 1. The first kappa shape index (κ1) is 14.3. The van der Waals surface area contributed by atoms with Gasteiger partial charge in [0.2, 0.25) is 5.89 Å². The normalized spacial score (nSPS) is 12.6. The minimum absolute atomic E-state index is 0.00228. The van der Waals surface area contributed by atoms with Crippen LogP contribution in [0.1, 0.15) is 32.2 Å². The molecule has 1 heterocycles. The number of aromatic nitrogens is 2. The molecule has 0 saturated carbocycles. The zero-order valence-corrected chi connectivity index (χ0v) is 12.3. The lowest BCUT2D eigenvalue weighted by Gasteiger charge is -2.07. The molecule has 2 rings (SSSR count). The molecule has 0 radical (unpaired) electrons. The highest BCUT2D eigenvalue weighted by Crippen LogP contribution is 2.34. The summed E-state index contributed by atoms with van der Waals surface area (Å²) in [5.41, 5.74) is 0.576. The van der Waals surface area contributed by atoms with Gasteiger partial charge in [-0.15, -0.1) is 10.2 Å². The predicted molar refractivity (Wildman–Crippen MR) is 76.5 cm³/mol. The van der Waals surface area contributed by atoms with Gasteiger partial charge in [-0.25, -0.2) is 0 Å². The Bertz CT molecular complexity index is 536.